The molecule has 2 fully saturated rings. The van der Waals surface area contributed by atoms with Crippen LogP contribution in [0.3, 0.4) is 0 Å². The van der Waals surface area contributed by atoms with E-state index in [4.69, 9.17) is 10.5 Å². The van der Waals surface area contributed by atoms with Gasteiger partial charge in [0.1, 0.15) is 5.75 Å². The van der Waals surface area contributed by atoms with E-state index in [9.17, 15) is 0 Å². The number of ether oxygens (including phenoxy) is 1. The molecule has 3 nitrogen and oxygen atoms in total. The van der Waals surface area contributed by atoms with Gasteiger partial charge >= 0.3 is 0 Å². The highest BCUT2D eigenvalue weighted by atomic mass is 16.5. The van der Waals surface area contributed by atoms with E-state index in [0.717, 1.165) is 24.5 Å². The number of nitrogens with two attached hydrogens (primary N) is 1. The Kier molecular flexibility index (Phi) is 3.92. The summed E-state index contributed by atoms with van der Waals surface area (Å²) in [5.41, 5.74) is 8.03. The highest BCUT2D eigenvalue weighted by molar-refractivity contribution is 5.50. The molecule has 0 radical (unpaired) electrons. The van der Waals surface area contributed by atoms with Crippen LogP contribution in [0, 0.1) is 0 Å². The molecule has 19 heavy (non-hydrogen) atoms. The molecule has 0 aromatic heterocycles. The average molecular weight is 260 g/mol. The van der Waals surface area contributed by atoms with Crippen molar-refractivity contribution < 1.29 is 4.74 Å². The Hall–Kier alpha value is -1.22. The highest BCUT2D eigenvalue weighted by Gasteiger charge is 2.26. The Balaban J connectivity index is 1.49. The predicted octanol–water partition coefficient (Wildman–Crippen LogP) is 3.01. The van der Waals surface area contributed by atoms with Crippen LogP contribution in [0.4, 0.5) is 5.69 Å². The summed E-state index contributed by atoms with van der Waals surface area (Å²) >= 11 is 0. The Morgan fingerprint density at radius 1 is 1.21 bits per heavy atom. The van der Waals surface area contributed by atoms with Gasteiger partial charge in [-0.25, -0.2) is 0 Å². The van der Waals surface area contributed by atoms with Crippen molar-refractivity contribution in [3.05, 3.63) is 23.8 Å². The van der Waals surface area contributed by atoms with Gasteiger partial charge in [0.25, 0.3) is 0 Å². The lowest BCUT2D eigenvalue weighted by molar-refractivity contribution is 0.262. The predicted molar refractivity (Wildman–Crippen MR) is 78.6 cm³/mol. The first kappa shape index (κ1) is 12.8. The van der Waals surface area contributed by atoms with Crippen molar-refractivity contribution in [2.24, 2.45) is 0 Å². The highest BCUT2D eigenvalue weighted by Crippen LogP contribution is 2.44. The van der Waals surface area contributed by atoms with Gasteiger partial charge in [0.15, 0.2) is 0 Å². The maximum absolute atomic E-state index is 5.97. The largest absolute Gasteiger partial charge is 0.493 e. The van der Waals surface area contributed by atoms with Gasteiger partial charge in [-0.2, -0.15) is 0 Å². The number of likely N-dealkylation sites (tertiary alicyclic amines) is 1. The summed E-state index contributed by atoms with van der Waals surface area (Å²) < 4.78 is 5.97. The topological polar surface area (TPSA) is 38.5 Å². The van der Waals surface area contributed by atoms with Gasteiger partial charge in [0.2, 0.25) is 0 Å². The van der Waals surface area contributed by atoms with Crippen LogP contribution in [0.1, 0.15) is 43.6 Å². The average Bonchev–Trinajstić information content (AvgIpc) is 3.12. The SMILES string of the molecule is Nc1ccc(C2CC2)c(OCCCN2CCCC2)c1. The van der Waals surface area contributed by atoms with Crippen molar-refractivity contribution in [1.29, 1.82) is 0 Å². The summed E-state index contributed by atoms with van der Waals surface area (Å²) in [7, 11) is 0. The van der Waals surface area contributed by atoms with Gasteiger partial charge in [-0.3, -0.25) is 0 Å². The molecule has 1 aliphatic heterocycles. The van der Waals surface area contributed by atoms with Crippen LogP contribution >= 0.6 is 0 Å². The normalized spacial score (nSPS) is 19.8. The molecular formula is C16H24N2O. The zero-order valence-electron chi connectivity index (χ0n) is 11.6. The molecule has 1 saturated carbocycles. The molecule has 2 aliphatic rings. The van der Waals surface area contributed by atoms with Gasteiger partial charge in [-0.05, 0) is 62.7 Å². The number of benzene rings is 1. The van der Waals surface area contributed by atoms with E-state index in [1.54, 1.807) is 0 Å². The fourth-order valence-corrected chi connectivity index (χ4v) is 2.88. The summed E-state index contributed by atoms with van der Waals surface area (Å²) in [6.07, 6.45) is 6.44. The van der Waals surface area contributed by atoms with Crippen molar-refractivity contribution >= 4 is 5.69 Å². The number of nitrogen functional groups attached to an aromatic ring is 1. The Bertz CT molecular complexity index is 423. The first-order valence-corrected chi connectivity index (χ1v) is 7.57. The number of hydrogen-bond acceptors (Lipinski definition) is 3. The Morgan fingerprint density at radius 3 is 2.74 bits per heavy atom. The second kappa shape index (κ2) is 5.83. The molecule has 3 rings (SSSR count). The van der Waals surface area contributed by atoms with Gasteiger partial charge < -0.3 is 15.4 Å². The van der Waals surface area contributed by atoms with Crippen molar-refractivity contribution in [3.8, 4) is 5.75 Å². The van der Waals surface area contributed by atoms with Crippen LogP contribution in [0.25, 0.3) is 0 Å². The quantitative estimate of drug-likeness (QED) is 0.631. The minimum atomic E-state index is 0.717. The monoisotopic (exact) mass is 260 g/mol. The molecule has 0 amide bonds. The van der Waals surface area contributed by atoms with E-state index >= 15 is 0 Å². The van der Waals surface area contributed by atoms with Gasteiger partial charge in [-0.1, -0.05) is 6.07 Å². The van der Waals surface area contributed by atoms with Gasteiger partial charge in [-0.15, -0.1) is 0 Å². The third kappa shape index (κ3) is 3.41. The fraction of sp³-hybridized carbons (Fsp3) is 0.625. The standard InChI is InChI=1S/C16H24N2O/c17-14-6-7-15(13-4-5-13)16(12-14)19-11-3-10-18-8-1-2-9-18/h6-7,12-13H,1-5,8-11,17H2. The van der Waals surface area contributed by atoms with Crippen molar-refractivity contribution in [2.75, 3.05) is 32.0 Å². The second-order valence-electron chi connectivity index (χ2n) is 5.82. The van der Waals surface area contributed by atoms with Crippen molar-refractivity contribution in [3.63, 3.8) is 0 Å². The van der Waals surface area contributed by atoms with Gasteiger partial charge in [0.05, 0.1) is 6.61 Å². The van der Waals surface area contributed by atoms with E-state index < -0.39 is 0 Å². The molecule has 0 bridgehead atoms. The molecule has 0 atom stereocenters. The first-order valence-electron chi connectivity index (χ1n) is 7.57. The van der Waals surface area contributed by atoms with Crippen LogP contribution in [-0.4, -0.2) is 31.1 Å². The third-order valence-electron chi connectivity index (χ3n) is 4.13. The minimum Gasteiger partial charge on any atom is -0.493 e. The molecule has 2 N–H and O–H groups in total. The molecule has 104 valence electrons. The number of rotatable bonds is 6. The van der Waals surface area contributed by atoms with Crippen LogP contribution < -0.4 is 10.5 Å². The molecule has 3 heteroatoms. The van der Waals surface area contributed by atoms with E-state index in [-0.39, 0.29) is 0 Å². The Labute approximate surface area is 115 Å². The smallest absolute Gasteiger partial charge is 0.124 e. The zero-order chi connectivity index (χ0) is 13.1. The summed E-state index contributed by atoms with van der Waals surface area (Å²) in [5.74, 6) is 1.73. The summed E-state index contributed by atoms with van der Waals surface area (Å²) in [4.78, 5) is 2.53. The minimum absolute atomic E-state index is 0.717. The van der Waals surface area contributed by atoms with Crippen LogP contribution in [0.15, 0.2) is 18.2 Å². The lowest BCUT2D eigenvalue weighted by atomic mass is 10.1. The molecule has 1 aromatic carbocycles. The third-order valence-corrected chi connectivity index (χ3v) is 4.13. The lowest BCUT2D eigenvalue weighted by Gasteiger charge is -2.16. The molecule has 1 aromatic rings. The number of anilines is 1. The molecular weight excluding hydrogens is 236 g/mol. The summed E-state index contributed by atoms with van der Waals surface area (Å²) in [6, 6.07) is 6.12. The maximum atomic E-state index is 5.97. The fourth-order valence-electron chi connectivity index (χ4n) is 2.88. The second-order valence-corrected chi connectivity index (χ2v) is 5.82. The lowest BCUT2D eigenvalue weighted by Crippen LogP contribution is -2.22. The van der Waals surface area contributed by atoms with Gasteiger partial charge in [0, 0.05) is 18.3 Å². The molecule has 1 saturated heterocycles. The van der Waals surface area contributed by atoms with Crippen molar-refractivity contribution in [1.82, 2.24) is 4.90 Å². The van der Waals surface area contributed by atoms with E-state index in [1.807, 2.05) is 12.1 Å². The van der Waals surface area contributed by atoms with Crippen LogP contribution in [0.2, 0.25) is 0 Å². The first-order chi connectivity index (χ1) is 9.33. The van der Waals surface area contributed by atoms with Crippen LogP contribution in [0.5, 0.6) is 5.75 Å². The molecule has 0 spiro atoms. The summed E-state index contributed by atoms with van der Waals surface area (Å²) in [6.45, 7) is 4.51. The molecule has 0 unspecified atom stereocenters. The van der Waals surface area contributed by atoms with E-state index in [0.29, 0.717) is 5.92 Å². The van der Waals surface area contributed by atoms with E-state index in [1.165, 1.54) is 50.9 Å². The Morgan fingerprint density at radius 2 is 2.00 bits per heavy atom. The van der Waals surface area contributed by atoms with Crippen molar-refractivity contribution in [2.45, 2.75) is 38.0 Å². The number of hydrogen-bond donors (Lipinski definition) is 1. The van der Waals surface area contributed by atoms with E-state index in [2.05, 4.69) is 11.0 Å². The molecule has 1 aliphatic carbocycles. The maximum Gasteiger partial charge on any atom is 0.124 e. The number of nitrogens with zero attached hydrogens (tertiary/aromatic N) is 1. The molecule has 1 heterocycles. The summed E-state index contributed by atoms with van der Waals surface area (Å²) in [5, 5.41) is 0. The van der Waals surface area contributed by atoms with Crippen LogP contribution in [-0.2, 0) is 0 Å². The zero-order valence-corrected chi connectivity index (χ0v) is 11.6.